The first-order valence-electron chi connectivity index (χ1n) is 16.2. The predicted octanol–water partition coefficient (Wildman–Crippen LogP) is 9.30. The summed E-state index contributed by atoms with van der Waals surface area (Å²) in [7, 11) is -1.87. The topological polar surface area (TPSA) is 17.8 Å². The van der Waals surface area contributed by atoms with Crippen LogP contribution in [-0.2, 0) is 12.0 Å². The molecule has 1 aromatic heterocycles. The molecule has 1 atom stereocenters. The lowest BCUT2D eigenvalue weighted by Gasteiger charge is -2.37. The van der Waals surface area contributed by atoms with Crippen LogP contribution in [0.1, 0.15) is 28.7 Å². The molecule has 0 saturated heterocycles. The van der Waals surface area contributed by atoms with E-state index < -0.39 is 12.8 Å². The molecule has 4 heteroatoms. The van der Waals surface area contributed by atoms with Gasteiger partial charge in [-0.3, -0.25) is 4.68 Å². The van der Waals surface area contributed by atoms with Gasteiger partial charge < -0.3 is 0 Å². The van der Waals surface area contributed by atoms with Crippen LogP contribution in [0.3, 0.4) is 0 Å². The molecule has 47 heavy (non-hydrogen) atoms. The van der Waals surface area contributed by atoms with Crippen molar-refractivity contribution in [1.82, 2.24) is 9.78 Å². The first-order valence-corrected chi connectivity index (χ1v) is 18.5. The smallest absolute Gasteiger partial charge is 0.139 e. The molecular formula is C43H37ClN2P+. The maximum absolute atomic E-state index is 6.98. The van der Waals surface area contributed by atoms with E-state index in [2.05, 4.69) is 158 Å². The molecule has 2 nitrogen and oxygen atoms in total. The Morgan fingerprint density at radius 2 is 1.02 bits per heavy atom. The quantitative estimate of drug-likeness (QED) is 0.101. The molecule has 1 unspecified atom stereocenters. The molecular weight excluding hydrogens is 611 g/mol. The van der Waals surface area contributed by atoms with Gasteiger partial charge in [0.2, 0.25) is 0 Å². The zero-order chi connectivity index (χ0) is 31.9. The van der Waals surface area contributed by atoms with Crippen molar-refractivity contribution in [1.29, 1.82) is 0 Å². The first-order chi connectivity index (χ1) is 23.2. The van der Waals surface area contributed by atoms with E-state index in [0.29, 0.717) is 5.02 Å². The second-order valence-corrected chi connectivity index (χ2v) is 15.9. The Morgan fingerprint density at radius 1 is 0.532 bits per heavy atom. The van der Waals surface area contributed by atoms with E-state index in [4.69, 9.17) is 16.7 Å². The van der Waals surface area contributed by atoms with Crippen LogP contribution in [0.2, 0.25) is 5.02 Å². The highest BCUT2D eigenvalue weighted by Gasteiger charge is 2.45. The molecule has 1 heterocycles. The Kier molecular flexibility index (Phi) is 9.16. The summed E-state index contributed by atoms with van der Waals surface area (Å²) in [6.45, 7) is 0. The highest BCUT2D eigenvalue weighted by atomic mass is 35.5. The van der Waals surface area contributed by atoms with Gasteiger partial charge in [0.15, 0.2) is 0 Å². The molecule has 0 saturated carbocycles. The fourth-order valence-corrected chi connectivity index (χ4v) is 11.7. The Labute approximate surface area is 283 Å². The lowest BCUT2D eigenvalue weighted by Crippen LogP contribution is -2.38. The van der Waals surface area contributed by atoms with Gasteiger partial charge in [0.25, 0.3) is 0 Å². The zero-order valence-corrected chi connectivity index (χ0v) is 27.9. The van der Waals surface area contributed by atoms with E-state index in [-0.39, 0.29) is 0 Å². The molecule has 0 amide bonds. The van der Waals surface area contributed by atoms with Crippen molar-refractivity contribution in [2.75, 3.05) is 6.16 Å². The number of aryl methyl sites for hydroxylation is 1. The summed E-state index contributed by atoms with van der Waals surface area (Å²) in [6, 6.07) is 63.2. The third-order valence-electron chi connectivity index (χ3n) is 9.22. The molecule has 7 aromatic rings. The van der Waals surface area contributed by atoms with Crippen LogP contribution in [0.5, 0.6) is 0 Å². The van der Waals surface area contributed by atoms with Gasteiger partial charge in [-0.1, -0.05) is 139 Å². The monoisotopic (exact) mass is 647 g/mol. The van der Waals surface area contributed by atoms with Gasteiger partial charge in [0, 0.05) is 23.0 Å². The van der Waals surface area contributed by atoms with Crippen LogP contribution in [0.15, 0.2) is 188 Å². The second kappa shape index (κ2) is 13.9. The van der Waals surface area contributed by atoms with Crippen LogP contribution >= 0.6 is 18.9 Å². The largest absolute Gasteiger partial charge is 0.253 e. The lowest BCUT2D eigenvalue weighted by atomic mass is 9.76. The average Bonchev–Trinajstić information content (AvgIpc) is 3.69. The maximum atomic E-state index is 6.98. The molecule has 0 N–H and O–H groups in total. The Bertz CT molecular complexity index is 1900. The molecule has 7 rings (SSSR count). The van der Waals surface area contributed by atoms with Gasteiger partial charge in [-0.15, -0.1) is 0 Å². The Balaban J connectivity index is 1.26. The summed E-state index contributed by atoms with van der Waals surface area (Å²) in [4.78, 5) is 0. The highest BCUT2D eigenvalue weighted by Crippen LogP contribution is 2.56. The summed E-state index contributed by atoms with van der Waals surface area (Å²) < 4.78 is 2.04. The van der Waals surface area contributed by atoms with Crippen molar-refractivity contribution in [3.05, 3.63) is 216 Å². The molecule has 0 aliphatic carbocycles. The number of benzene rings is 6. The van der Waals surface area contributed by atoms with Gasteiger partial charge in [0.05, 0.1) is 6.16 Å². The van der Waals surface area contributed by atoms with Gasteiger partial charge in [-0.2, -0.15) is 5.10 Å². The fraction of sp³-hybridized carbons (Fsp3) is 0.0930. The van der Waals surface area contributed by atoms with Crippen LogP contribution in [-0.4, -0.2) is 15.9 Å². The van der Waals surface area contributed by atoms with Crippen molar-refractivity contribution in [2.45, 2.75) is 18.4 Å². The fourth-order valence-electron chi connectivity index (χ4n) is 7.08. The average molecular weight is 648 g/mol. The van der Waals surface area contributed by atoms with E-state index in [1.165, 1.54) is 21.5 Å². The van der Waals surface area contributed by atoms with Gasteiger partial charge in [0.1, 0.15) is 28.7 Å². The van der Waals surface area contributed by atoms with Gasteiger partial charge in [-0.05, 0) is 78.1 Å². The third kappa shape index (κ3) is 5.85. The molecule has 0 radical (unpaired) electrons. The van der Waals surface area contributed by atoms with Crippen molar-refractivity contribution in [3.63, 3.8) is 0 Å². The molecule has 0 aliphatic heterocycles. The van der Waals surface area contributed by atoms with E-state index >= 15 is 0 Å². The first kappa shape index (κ1) is 30.9. The highest BCUT2D eigenvalue weighted by molar-refractivity contribution is 7.95. The van der Waals surface area contributed by atoms with Crippen molar-refractivity contribution in [2.24, 2.45) is 0 Å². The minimum Gasteiger partial charge on any atom is -0.253 e. The van der Waals surface area contributed by atoms with Crippen molar-refractivity contribution < 1.29 is 0 Å². The minimum absolute atomic E-state index is 0.707. The minimum atomic E-state index is -1.87. The lowest BCUT2D eigenvalue weighted by molar-refractivity contribution is 0.460. The molecule has 0 fully saturated rings. The van der Waals surface area contributed by atoms with Crippen molar-refractivity contribution >= 4 is 34.8 Å². The van der Waals surface area contributed by atoms with Crippen LogP contribution < -0.4 is 15.9 Å². The predicted molar refractivity (Wildman–Crippen MR) is 200 cm³/mol. The Hall–Kier alpha value is -4.75. The number of aromatic nitrogens is 2. The molecule has 0 spiro atoms. The van der Waals surface area contributed by atoms with E-state index in [1.807, 2.05) is 35.3 Å². The number of halogens is 1. The van der Waals surface area contributed by atoms with Crippen molar-refractivity contribution in [3.8, 4) is 0 Å². The van der Waals surface area contributed by atoms with Crippen LogP contribution in [0.4, 0.5) is 0 Å². The molecule has 6 aromatic carbocycles. The number of hydrogen-bond donors (Lipinski definition) is 0. The summed E-state index contributed by atoms with van der Waals surface area (Å²) in [6.07, 6.45) is 7.02. The normalized spacial score (nSPS) is 12.8. The van der Waals surface area contributed by atoms with E-state index in [9.17, 15) is 0 Å². The molecule has 230 valence electrons. The second-order valence-electron chi connectivity index (χ2n) is 11.8. The third-order valence-corrected chi connectivity index (χ3v) is 14.1. The van der Waals surface area contributed by atoms with Gasteiger partial charge in [-0.25, -0.2) is 0 Å². The number of rotatable bonds is 11. The van der Waals surface area contributed by atoms with E-state index in [1.54, 1.807) is 0 Å². The standard InChI is InChI=1S/C43H37ClN2P/c44-42-27-14-13-26-41(42)43(46-33-16-32-45-46,36-18-5-1-6-19-36)37-30-28-35(29-31-37)17-15-34-47(38-20-7-2-8-21-38,39-22-9-3-10-23-39)40-24-11-4-12-25-40/h1-14,16,18-33H,15,17,34H2/q+1. The van der Waals surface area contributed by atoms with E-state index in [0.717, 1.165) is 35.7 Å². The summed E-state index contributed by atoms with van der Waals surface area (Å²) in [5.74, 6) is 0. The maximum Gasteiger partial charge on any atom is 0.139 e. The zero-order valence-electron chi connectivity index (χ0n) is 26.2. The molecule has 0 bridgehead atoms. The summed E-state index contributed by atoms with van der Waals surface area (Å²) >= 11 is 6.98. The summed E-state index contributed by atoms with van der Waals surface area (Å²) in [5, 5.41) is 9.80. The van der Waals surface area contributed by atoms with Crippen LogP contribution in [0.25, 0.3) is 0 Å². The summed E-state index contributed by atoms with van der Waals surface area (Å²) in [5.41, 5.74) is 3.81. The van der Waals surface area contributed by atoms with Gasteiger partial charge >= 0.3 is 0 Å². The van der Waals surface area contributed by atoms with Crippen LogP contribution in [0, 0.1) is 0 Å². The Morgan fingerprint density at radius 3 is 1.53 bits per heavy atom. The molecule has 0 aliphatic rings. The number of hydrogen-bond acceptors (Lipinski definition) is 1. The SMILES string of the molecule is Clc1ccccc1C(c1ccccc1)(c1ccc(CCC[P+](c2ccccc2)(c2ccccc2)c2ccccc2)cc1)n1cccn1. The number of nitrogens with zero attached hydrogens (tertiary/aromatic N) is 2.